The predicted octanol–water partition coefficient (Wildman–Crippen LogP) is -0.773. The Hall–Kier alpha value is -0.620. The van der Waals surface area contributed by atoms with Gasteiger partial charge in [-0.1, -0.05) is 6.92 Å². The molecule has 0 bridgehead atoms. The Morgan fingerprint density at radius 2 is 2.20 bits per heavy atom. The van der Waals surface area contributed by atoms with Crippen LogP contribution >= 0.6 is 0 Å². The molecule has 1 heterocycles. The monoisotopic (exact) mass is 234 g/mol. The normalized spacial score (nSPS) is 26.2. The molecule has 0 aromatic rings. The molecule has 15 heavy (non-hydrogen) atoms. The summed E-state index contributed by atoms with van der Waals surface area (Å²) in [6.07, 6.45) is 0.544. The van der Waals surface area contributed by atoms with Crippen molar-refractivity contribution in [3.8, 4) is 0 Å². The number of carbonyl (C=O) groups is 1. The minimum absolute atomic E-state index is 0.0698. The van der Waals surface area contributed by atoms with Crippen LogP contribution in [0.25, 0.3) is 0 Å². The molecule has 0 aromatic carbocycles. The highest BCUT2D eigenvalue weighted by Gasteiger charge is 2.33. The second-order valence-corrected chi connectivity index (χ2v) is 6.37. The van der Waals surface area contributed by atoms with Crippen LogP contribution < -0.4 is 5.73 Å². The number of sulfone groups is 1. The van der Waals surface area contributed by atoms with Crippen LogP contribution in [0.3, 0.4) is 0 Å². The summed E-state index contributed by atoms with van der Waals surface area (Å²) in [6.45, 7) is 2.05. The van der Waals surface area contributed by atoms with Crippen LogP contribution in [0.15, 0.2) is 0 Å². The van der Waals surface area contributed by atoms with E-state index in [-0.39, 0.29) is 29.4 Å². The first-order chi connectivity index (χ1) is 6.87. The fraction of sp³-hybridized carbons (Fsp3) is 0.889. The van der Waals surface area contributed by atoms with Gasteiger partial charge in [0.1, 0.15) is 0 Å². The molecule has 6 heteroatoms. The minimum atomic E-state index is -2.93. The van der Waals surface area contributed by atoms with Crippen LogP contribution in [0.1, 0.15) is 13.3 Å². The van der Waals surface area contributed by atoms with Gasteiger partial charge in [0, 0.05) is 25.6 Å². The second kappa shape index (κ2) is 4.49. The van der Waals surface area contributed by atoms with Gasteiger partial charge >= 0.3 is 0 Å². The third-order valence-electron chi connectivity index (χ3n) is 2.88. The standard InChI is InChI=1S/C9H18N2O3S/c1-7(5-10)9(12)11(2)8-3-4-15(13,14)6-8/h7-8H,3-6,10H2,1-2H3. The molecule has 1 aliphatic heterocycles. The first kappa shape index (κ1) is 12.4. The minimum Gasteiger partial charge on any atom is -0.341 e. The molecular formula is C9H18N2O3S. The van der Waals surface area contributed by atoms with Gasteiger partial charge in [-0.3, -0.25) is 4.79 Å². The van der Waals surface area contributed by atoms with Crippen LogP contribution in [-0.2, 0) is 14.6 Å². The van der Waals surface area contributed by atoms with Crippen molar-refractivity contribution in [2.75, 3.05) is 25.1 Å². The first-order valence-electron chi connectivity index (χ1n) is 5.04. The van der Waals surface area contributed by atoms with Gasteiger partial charge in [-0.25, -0.2) is 8.42 Å². The van der Waals surface area contributed by atoms with E-state index in [1.165, 1.54) is 4.90 Å². The number of rotatable bonds is 3. The summed E-state index contributed by atoms with van der Waals surface area (Å²) in [5.41, 5.74) is 5.40. The lowest BCUT2D eigenvalue weighted by Crippen LogP contribution is -2.42. The predicted molar refractivity (Wildman–Crippen MR) is 58.0 cm³/mol. The van der Waals surface area contributed by atoms with Crippen molar-refractivity contribution in [2.24, 2.45) is 11.7 Å². The van der Waals surface area contributed by atoms with Gasteiger partial charge < -0.3 is 10.6 Å². The molecule has 2 atom stereocenters. The maximum Gasteiger partial charge on any atom is 0.226 e. The van der Waals surface area contributed by atoms with E-state index in [4.69, 9.17) is 5.73 Å². The van der Waals surface area contributed by atoms with Gasteiger partial charge in [0.15, 0.2) is 9.84 Å². The summed E-state index contributed by atoms with van der Waals surface area (Å²) < 4.78 is 22.5. The molecule has 1 rings (SSSR count). The summed E-state index contributed by atoms with van der Waals surface area (Å²) >= 11 is 0. The Balaban J connectivity index is 2.63. The summed E-state index contributed by atoms with van der Waals surface area (Å²) in [5.74, 6) is -0.0309. The molecule has 0 saturated carbocycles. The third-order valence-corrected chi connectivity index (χ3v) is 4.63. The maximum absolute atomic E-state index is 11.7. The third kappa shape index (κ3) is 2.92. The van der Waals surface area contributed by atoms with E-state index in [1.54, 1.807) is 14.0 Å². The molecule has 0 radical (unpaired) electrons. The zero-order valence-corrected chi connectivity index (χ0v) is 9.96. The van der Waals surface area contributed by atoms with Gasteiger partial charge in [-0.15, -0.1) is 0 Å². The van der Waals surface area contributed by atoms with Gasteiger partial charge in [0.2, 0.25) is 5.91 Å². The zero-order valence-electron chi connectivity index (χ0n) is 9.14. The number of nitrogens with two attached hydrogens (primary N) is 1. The van der Waals surface area contributed by atoms with E-state index in [0.29, 0.717) is 13.0 Å². The fourth-order valence-corrected chi connectivity index (χ4v) is 3.48. The van der Waals surface area contributed by atoms with Crippen LogP contribution in [0.5, 0.6) is 0 Å². The lowest BCUT2D eigenvalue weighted by atomic mass is 10.1. The summed E-state index contributed by atoms with van der Waals surface area (Å²) in [4.78, 5) is 13.3. The Morgan fingerprint density at radius 3 is 2.60 bits per heavy atom. The van der Waals surface area contributed by atoms with E-state index < -0.39 is 9.84 Å². The number of hydrogen-bond donors (Lipinski definition) is 1. The molecule has 5 nitrogen and oxygen atoms in total. The second-order valence-electron chi connectivity index (χ2n) is 4.14. The van der Waals surface area contributed by atoms with E-state index in [2.05, 4.69) is 0 Å². The Morgan fingerprint density at radius 1 is 1.60 bits per heavy atom. The molecule has 88 valence electrons. The molecular weight excluding hydrogens is 216 g/mol. The smallest absolute Gasteiger partial charge is 0.226 e. The van der Waals surface area contributed by atoms with Crippen LogP contribution in [0, 0.1) is 5.92 Å². The van der Waals surface area contributed by atoms with Crippen molar-refractivity contribution in [1.82, 2.24) is 4.90 Å². The molecule has 1 amide bonds. The number of carbonyl (C=O) groups excluding carboxylic acids is 1. The summed E-state index contributed by atoms with van der Waals surface area (Å²) in [6, 6.07) is -0.170. The molecule has 0 spiro atoms. The van der Waals surface area contributed by atoms with Gasteiger partial charge in [0.25, 0.3) is 0 Å². The van der Waals surface area contributed by atoms with Crippen molar-refractivity contribution >= 4 is 15.7 Å². The number of hydrogen-bond acceptors (Lipinski definition) is 4. The average Bonchev–Trinajstić information content (AvgIpc) is 2.55. The Labute approximate surface area is 90.5 Å². The summed E-state index contributed by atoms with van der Waals surface area (Å²) in [7, 11) is -1.28. The molecule has 2 N–H and O–H groups in total. The van der Waals surface area contributed by atoms with E-state index in [0.717, 1.165) is 0 Å². The van der Waals surface area contributed by atoms with E-state index >= 15 is 0 Å². The highest BCUT2D eigenvalue weighted by molar-refractivity contribution is 7.91. The lowest BCUT2D eigenvalue weighted by Gasteiger charge is -2.25. The highest BCUT2D eigenvalue weighted by atomic mass is 32.2. The molecule has 2 unspecified atom stereocenters. The van der Waals surface area contributed by atoms with Crippen LogP contribution in [0.2, 0.25) is 0 Å². The van der Waals surface area contributed by atoms with Crippen molar-refractivity contribution in [1.29, 1.82) is 0 Å². The van der Waals surface area contributed by atoms with Crippen LogP contribution in [-0.4, -0.2) is 50.4 Å². The number of amides is 1. The SMILES string of the molecule is CC(CN)C(=O)N(C)C1CCS(=O)(=O)C1. The Bertz CT molecular complexity index is 339. The van der Waals surface area contributed by atoms with Crippen molar-refractivity contribution < 1.29 is 13.2 Å². The largest absolute Gasteiger partial charge is 0.341 e. The quantitative estimate of drug-likeness (QED) is 0.695. The van der Waals surface area contributed by atoms with Crippen molar-refractivity contribution in [3.05, 3.63) is 0 Å². The lowest BCUT2D eigenvalue weighted by molar-refractivity contribution is -0.135. The van der Waals surface area contributed by atoms with E-state index in [9.17, 15) is 13.2 Å². The molecule has 1 saturated heterocycles. The molecule has 1 aliphatic rings. The number of nitrogens with zero attached hydrogens (tertiary/aromatic N) is 1. The topological polar surface area (TPSA) is 80.5 Å². The molecule has 1 fully saturated rings. The zero-order chi connectivity index (χ0) is 11.6. The molecule has 0 aliphatic carbocycles. The van der Waals surface area contributed by atoms with Crippen molar-refractivity contribution in [3.63, 3.8) is 0 Å². The van der Waals surface area contributed by atoms with Gasteiger partial charge in [0.05, 0.1) is 11.5 Å². The fourth-order valence-electron chi connectivity index (χ4n) is 1.71. The van der Waals surface area contributed by atoms with Crippen molar-refractivity contribution in [2.45, 2.75) is 19.4 Å². The Kier molecular flexibility index (Phi) is 3.72. The highest BCUT2D eigenvalue weighted by Crippen LogP contribution is 2.17. The average molecular weight is 234 g/mol. The van der Waals surface area contributed by atoms with Gasteiger partial charge in [-0.2, -0.15) is 0 Å². The van der Waals surface area contributed by atoms with Gasteiger partial charge in [-0.05, 0) is 6.42 Å². The maximum atomic E-state index is 11.7. The van der Waals surface area contributed by atoms with Crippen LogP contribution in [0.4, 0.5) is 0 Å². The van der Waals surface area contributed by atoms with E-state index in [1.807, 2.05) is 0 Å². The summed E-state index contributed by atoms with van der Waals surface area (Å²) in [5, 5.41) is 0. The molecule has 0 aromatic heterocycles. The first-order valence-corrected chi connectivity index (χ1v) is 6.86.